The van der Waals surface area contributed by atoms with Gasteiger partial charge in [-0.1, -0.05) is 79.2 Å². The van der Waals surface area contributed by atoms with Crippen LogP contribution in [0.3, 0.4) is 0 Å². The van der Waals surface area contributed by atoms with Gasteiger partial charge in [0.25, 0.3) is 0 Å². The van der Waals surface area contributed by atoms with E-state index in [2.05, 4.69) is 34.3 Å². The van der Waals surface area contributed by atoms with Gasteiger partial charge in [0.1, 0.15) is 0 Å². The lowest BCUT2D eigenvalue weighted by atomic mass is 9.92. The Bertz CT molecular complexity index is 281. The number of hydrogen-bond acceptors (Lipinski definition) is 2. The third kappa shape index (κ3) is 11.5. The lowest BCUT2D eigenvalue weighted by Crippen LogP contribution is -2.12. The summed E-state index contributed by atoms with van der Waals surface area (Å²) in [6.45, 7) is 13.3. The van der Waals surface area contributed by atoms with E-state index in [-0.39, 0.29) is 5.97 Å². The summed E-state index contributed by atoms with van der Waals surface area (Å²) in [5, 5.41) is 0. The van der Waals surface area contributed by atoms with Gasteiger partial charge in [-0.15, -0.1) is 0 Å². The lowest BCUT2D eigenvalue weighted by Gasteiger charge is -2.15. The van der Waals surface area contributed by atoms with Crippen LogP contribution in [-0.4, -0.2) is 12.6 Å². The maximum atomic E-state index is 11.9. The van der Waals surface area contributed by atoms with E-state index in [9.17, 15) is 4.79 Å². The molecule has 0 fully saturated rings. The van der Waals surface area contributed by atoms with Gasteiger partial charge in [0.2, 0.25) is 0 Å². The van der Waals surface area contributed by atoms with Crippen LogP contribution in [0, 0.1) is 11.8 Å². The summed E-state index contributed by atoms with van der Waals surface area (Å²) in [4.78, 5) is 11.9. The van der Waals surface area contributed by atoms with Crippen molar-refractivity contribution >= 4 is 5.97 Å². The molecule has 0 aromatic carbocycles. The lowest BCUT2D eigenvalue weighted by molar-refractivity contribution is -0.139. The molecule has 0 saturated carbocycles. The third-order valence-corrected chi connectivity index (χ3v) is 4.03. The van der Waals surface area contributed by atoms with Crippen molar-refractivity contribution in [2.24, 2.45) is 11.8 Å². The van der Waals surface area contributed by atoms with Gasteiger partial charge in [0, 0.05) is 5.57 Å². The molecule has 0 amide bonds. The van der Waals surface area contributed by atoms with E-state index >= 15 is 0 Å². The fourth-order valence-electron chi connectivity index (χ4n) is 2.47. The molecule has 1 atom stereocenters. The summed E-state index contributed by atoms with van der Waals surface area (Å²) < 4.78 is 5.32. The standard InChI is InChI=1S/C19H36O2/c1-6-8-13-18(7-2)15-17(5)19(20)21-14-11-9-10-12-16(3)4/h16,18H,5-15H2,1-4H3. The van der Waals surface area contributed by atoms with Gasteiger partial charge < -0.3 is 4.74 Å². The monoisotopic (exact) mass is 296 g/mol. The Morgan fingerprint density at radius 1 is 1.05 bits per heavy atom. The molecule has 21 heavy (non-hydrogen) atoms. The van der Waals surface area contributed by atoms with Crippen LogP contribution in [0.1, 0.15) is 85.5 Å². The molecule has 0 bridgehead atoms. The fourth-order valence-corrected chi connectivity index (χ4v) is 2.47. The Hall–Kier alpha value is -0.790. The van der Waals surface area contributed by atoms with E-state index in [4.69, 9.17) is 4.74 Å². The molecule has 0 radical (unpaired) electrons. The number of ether oxygens (including phenoxy) is 1. The average molecular weight is 296 g/mol. The molecule has 0 aromatic heterocycles. The zero-order chi connectivity index (χ0) is 16.1. The first kappa shape index (κ1) is 20.2. The zero-order valence-corrected chi connectivity index (χ0v) is 14.7. The number of hydrogen-bond donors (Lipinski definition) is 0. The fraction of sp³-hybridized carbons (Fsp3) is 0.842. The molecule has 0 spiro atoms. The number of carbonyl (C=O) groups is 1. The van der Waals surface area contributed by atoms with E-state index < -0.39 is 0 Å². The molecule has 0 aliphatic rings. The van der Waals surface area contributed by atoms with Gasteiger partial charge in [0.15, 0.2) is 0 Å². The molecule has 124 valence electrons. The first-order chi connectivity index (χ1) is 10.0. The summed E-state index contributed by atoms with van der Waals surface area (Å²) in [7, 11) is 0. The molecule has 2 nitrogen and oxygen atoms in total. The number of unbranched alkanes of at least 4 members (excludes halogenated alkanes) is 3. The Morgan fingerprint density at radius 3 is 2.33 bits per heavy atom. The Labute approximate surface area is 132 Å². The molecule has 0 rings (SSSR count). The highest BCUT2D eigenvalue weighted by molar-refractivity contribution is 5.87. The van der Waals surface area contributed by atoms with E-state index in [0.29, 0.717) is 18.1 Å². The second-order valence-electron chi connectivity index (χ2n) is 6.60. The minimum absolute atomic E-state index is 0.186. The Kier molecular flexibility index (Phi) is 12.4. The normalized spacial score (nSPS) is 12.4. The predicted octanol–water partition coefficient (Wildman–Crippen LogP) is 5.91. The van der Waals surface area contributed by atoms with Gasteiger partial charge in [-0.2, -0.15) is 0 Å². The van der Waals surface area contributed by atoms with E-state index in [1.165, 1.54) is 32.1 Å². The van der Waals surface area contributed by atoms with Crippen LogP contribution in [0.25, 0.3) is 0 Å². The predicted molar refractivity (Wildman–Crippen MR) is 91.3 cm³/mol. The van der Waals surface area contributed by atoms with Crippen molar-refractivity contribution in [3.05, 3.63) is 12.2 Å². The van der Waals surface area contributed by atoms with Crippen LogP contribution in [0.5, 0.6) is 0 Å². The molecule has 0 heterocycles. The van der Waals surface area contributed by atoms with Crippen LogP contribution >= 0.6 is 0 Å². The minimum atomic E-state index is -0.186. The molecule has 0 aliphatic carbocycles. The minimum Gasteiger partial charge on any atom is -0.462 e. The SMILES string of the molecule is C=C(CC(CC)CCCC)C(=O)OCCCCCC(C)C. The van der Waals surface area contributed by atoms with E-state index in [1.807, 2.05) is 0 Å². The highest BCUT2D eigenvalue weighted by Gasteiger charge is 2.14. The highest BCUT2D eigenvalue weighted by Crippen LogP contribution is 2.21. The van der Waals surface area contributed by atoms with Gasteiger partial charge >= 0.3 is 5.97 Å². The summed E-state index contributed by atoms with van der Waals surface area (Å²) in [5.74, 6) is 1.16. The van der Waals surface area contributed by atoms with E-state index in [0.717, 1.165) is 31.6 Å². The first-order valence-electron chi connectivity index (χ1n) is 8.86. The number of esters is 1. The van der Waals surface area contributed by atoms with Gasteiger partial charge in [0.05, 0.1) is 6.61 Å². The second-order valence-corrected chi connectivity index (χ2v) is 6.60. The topological polar surface area (TPSA) is 26.3 Å². The van der Waals surface area contributed by atoms with Crippen molar-refractivity contribution in [3.63, 3.8) is 0 Å². The van der Waals surface area contributed by atoms with Gasteiger partial charge in [-0.05, 0) is 24.7 Å². The maximum Gasteiger partial charge on any atom is 0.333 e. The van der Waals surface area contributed by atoms with Crippen LogP contribution in [-0.2, 0) is 9.53 Å². The van der Waals surface area contributed by atoms with Crippen molar-refractivity contribution < 1.29 is 9.53 Å². The van der Waals surface area contributed by atoms with Crippen LogP contribution in [0.15, 0.2) is 12.2 Å². The second kappa shape index (κ2) is 12.9. The maximum absolute atomic E-state index is 11.9. The molecule has 0 aliphatic heterocycles. The Balaban J connectivity index is 3.76. The van der Waals surface area contributed by atoms with Crippen molar-refractivity contribution in [2.45, 2.75) is 85.5 Å². The zero-order valence-electron chi connectivity index (χ0n) is 14.7. The molecule has 0 N–H and O–H groups in total. The van der Waals surface area contributed by atoms with Crippen LogP contribution < -0.4 is 0 Å². The summed E-state index contributed by atoms with van der Waals surface area (Å²) in [6.07, 6.45) is 10.1. The number of rotatable bonds is 13. The molecule has 0 saturated heterocycles. The van der Waals surface area contributed by atoms with Gasteiger partial charge in [-0.25, -0.2) is 4.79 Å². The average Bonchev–Trinajstić information content (AvgIpc) is 2.46. The van der Waals surface area contributed by atoms with Crippen LogP contribution in [0.4, 0.5) is 0 Å². The summed E-state index contributed by atoms with van der Waals surface area (Å²) in [6, 6.07) is 0. The Morgan fingerprint density at radius 2 is 1.76 bits per heavy atom. The van der Waals surface area contributed by atoms with Crippen molar-refractivity contribution in [1.29, 1.82) is 0 Å². The number of carbonyl (C=O) groups excluding carboxylic acids is 1. The van der Waals surface area contributed by atoms with Crippen molar-refractivity contribution in [3.8, 4) is 0 Å². The molecular formula is C19H36O2. The largest absolute Gasteiger partial charge is 0.462 e. The summed E-state index contributed by atoms with van der Waals surface area (Å²) >= 11 is 0. The molecule has 0 aromatic rings. The van der Waals surface area contributed by atoms with E-state index in [1.54, 1.807) is 0 Å². The van der Waals surface area contributed by atoms with Gasteiger partial charge in [-0.3, -0.25) is 0 Å². The molecular weight excluding hydrogens is 260 g/mol. The smallest absolute Gasteiger partial charge is 0.333 e. The van der Waals surface area contributed by atoms with Crippen LogP contribution in [0.2, 0.25) is 0 Å². The summed E-state index contributed by atoms with van der Waals surface area (Å²) in [5.41, 5.74) is 0.653. The van der Waals surface area contributed by atoms with Crippen molar-refractivity contribution in [2.75, 3.05) is 6.61 Å². The molecule has 2 heteroatoms. The first-order valence-corrected chi connectivity index (χ1v) is 8.86. The quantitative estimate of drug-likeness (QED) is 0.240. The molecule has 1 unspecified atom stereocenters. The third-order valence-electron chi connectivity index (χ3n) is 4.03. The van der Waals surface area contributed by atoms with Crippen molar-refractivity contribution in [1.82, 2.24) is 0 Å². The highest BCUT2D eigenvalue weighted by atomic mass is 16.5.